The van der Waals surface area contributed by atoms with Crippen LogP contribution in [-0.4, -0.2) is 67.0 Å². The van der Waals surface area contributed by atoms with Gasteiger partial charge in [0, 0.05) is 39.6 Å². The van der Waals surface area contributed by atoms with E-state index in [1.165, 1.54) is 24.0 Å². The number of carbonyl (C=O) groups is 2. The third-order valence-corrected chi connectivity index (χ3v) is 4.35. The summed E-state index contributed by atoms with van der Waals surface area (Å²) in [5.74, 6) is -0.710. The maximum absolute atomic E-state index is 13.0. The predicted molar refractivity (Wildman–Crippen MR) is 92.4 cm³/mol. The average molecular weight is 351 g/mol. The molecule has 1 heterocycles. The fourth-order valence-electron chi connectivity index (χ4n) is 2.76. The van der Waals surface area contributed by atoms with Gasteiger partial charge < -0.3 is 15.0 Å². The lowest BCUT2D eigenvalue weighted by Crippen LogP contribution is -2.49. The molecule has 0 aromatic heterocycles. The zero-order valence-electron chi connectivity index (χ0n) is 14.8. The summed E-state index contributed by atoms with van der Waals surface area (Å²) in [6.45, 7) is 7.89. The number of nitrogens with one attached hydrogen (secondary N) is 1. The van der Waals surface area contributed by atoms with E-state index in [2.05, 4.69) is 10.2 Å². The Morgan fingerprint density at radius 2 is 1.92 bits per heavy atom. The van der Waals surface area contributed by atoms with Gasteiger partial charge in [0.05, 0.1) is 13.2 Å². The van der Waals surface area contributed by atoms with Crippen molar-refractivity contribution in [3.8, 4) is 0 Å². The zero-order chi connectivity index (χ0) is 18.2. The largest absolute Gasteiger partial charge is 0.379 e. The van der Waals surface area contributed by atoms with Crippen molar-refractivity contribution in [1.29, 1.82) is 0 Å². The second-order valence-electron chi connectivity index (χ2n) is 6.19. The summed E-state index contributed by atoms with van der Waals surface area (Å²) in [7, 11) is 0. The van der Waals surface area contributed by atoms with Gasteiger partial charge in [-0.15, -0.1) is 0 Å². The lowest BCUT2D eigenvalue weighted by molar-refractivity contribution is -0.139. The van der Waals surface area contributed by atoms with Gasteiger partial charge in [-0.25, -0.2) is 4.39 Å². The van der Waals surface area contributed by atoms with E-state index < -0.39 is 6.04 Å². The fraction of sp³-hybridized carbons (Fsp3) is 0.556. The monoisotopic (exact) mass is 351 g/mol. The van der Waals surface area contributed by atoms with Gasteiger partial charge in [0.1, 0.15) is 11.9 Å². The molecule has 138 valence electrons. The molecule has 0 aliphatic carbocycles. The van der Waals surface area contributed by atoms with Gasteiger partial charge in [-0.2, -0.15) is 0 Å². The van der Waals surface area contributed by atoms with Crippen molar-refractivity contribution in [2.24, 2.45) is 0 Å². The lowest BCUT2D eigenvalue weighted by atomic mass is 10.1. The maximum atomic E-state index is 13.0. The van der Waals surface area contributed by atoms with Gasteiger partial charge in [0.2, 0.25) is 11.8 Å². The smallest absolute Gasteiger partial charge is 0.242 e. The summed E-state index contributed by atoms with van der Waals surface area (Å²) < 4.78 is 18.3. The molecule has 1 aromatic rings. The summed E-state index contributed by atoms with van der Waals surface area (Å²) >= 11 is 0. The summed E-state index contributed by atoms with van der Waals surface area (Å²) in [6.07, 6.45) is 0. The maximum Gasteiger partial charge on any atom is 0.242 e. The molecule has 7 heteroatoms. The topological polar surface area (TPSA) is 61.9 Å². The summed E-state index contributed by atoms with van der Waals surface area (Å²) in [5, 5.41) is 2.88. The number of morpholine rings is 1. The van der Waals surface area contributed by atoms with Crippen molar-refractivity contribution in [3.63, 3.8) is 0 Å². The van der Waals surface area contributed by atoms with Crippen molar-refractivity contribution in [2.45, 2.75) is 26.4 Å². The second kappa shape index (κ2) is 9.48. The van der Waals surface area contributed by atoms with Crippen LogP contribution >= 0.6 is 0 Å². The number of amides is 2. The Bertz CT molecular complexity index is 573. The number of carbonyl (C=O) groups excluding carboxylic acids is 2. The average Bonchev–Trinajstić information content (AvgIpc) is 2.61. The van der Waals surface area contributed by atoms with Crippen LogP contribution in [0.15, 0.2) is 24.3 Å². The molecule has 1 aromatic carbocycles. The van der Waals surface area contributed by atoms with Crippen LogP contribution in [0.4, 0.5) is 4.39 Å². The van der Waals surface area contributed by atoms with Crippen molar-refractivity contribution >= 4 is 11.8 Å². The summed E-state index contributed by atoms with van der Waals surface area (Å²) in [6, 6.07) is 5.34. The fourth-order valence-corrected chi connectivity index (χ4v) is 2.76. The Morgan fingerprint density at radius 3 is 2.52 bits per heavy atom. The molecule has 1 aliphatic rings. The quantitative estimate of drug-likeness (QED) is 0.797. The second-order valence-corrected chi connectivity index (χ2v) is 6.19. The van der Waals surface area contributed by atoms with E-state index >= 15 is 0 Å². The summed E-state index contributed by atoms with van der Waals surface area (Å²) in [5.41, 5.74) is 0.782. The van der Waals surface area contributed by atoms with E-state index in [0.29, 0.717) is 6.54 Å². The van der Waals surface area contributed by atoms with E-state index in [9.17, 15) is 14.0 Å². The Morgan fingerprint density at radius 1 is 1.28 bits per heavy atom. The highest BCUT2D eigenvalue weighted by molar-refractivity contribution is 5.86. The van der Waals surface area contributed by atoms with Crippen molar-refractivity contribution in [3.05, 3.63) is 35.6 Å². The van der Waals surface area contributed by atoms with Crippen molar-refractivity contribution < 1.29 is 18.7 Å². The molecule has 0 saturated carbocycles. The Hall–Kier alpha value is -1.99. The molecule has 0 unspecified atom stereocenters. The van der Waals surface area contributed by atoms with Crippen molar-refractivity contribution in [1.82, 2.24) is 15.1 Å². The highest BCUT2D eigenvalue weighted by Crippen LogP contribution is 2.10. The first-order chi connectivity index (χ1) is 12.0. The van der Waals surface area contributed by atoms with Gasteiger partial charge >= 0.3 is 0 Å². The Balaban J connectivity index is 1.85. The number of halogens is 1. The molecular weight excluding hydrogens is 325 g/mol. The molecule has 1 fully saturated rings. The minimum Gasteiger partial charge on any atom is -0.379 e. The molecule has 2 amide bonds. The van der Waals surface area contributed by atoms with E-state index in [4.69, 9.17) is 4.74 Å². The first kappa shape index (κ1) is 19.3. The summed E-state index contributed by atoms with van der Waals surface area (Å²) in [4.78, 5) is 28.0. The predicted octanol–water partition coefficient (Wildman–Crippen LogP) is 1.01. The molecule has 1 saturated heterocycles. The highest BCUT2D eigenvalue weighted by atomic mass is 19.1. The van der Waals surface area contributed by atoms with Gasteiger partial charge in [0.15, 0.2) is 0 Å². The standard InChI is InChI=1S/C18H26FN3O3/c1-14(18(24)20-7-8-21-9-11-25-12-10-21)22(15(2)23)13-16-3-5-17(19)6-4-16/h3-6,14H,7-13H2,1-2H3,(H,20,24)/t14-/m1/s1. The van der Waals surface area contributed by atoms with Gasteiger partial charge in [-0.3, -0.25) is 14.5 Å². The van der Waals surface area contributed by atoms with Crippen LogP contribution in [0.5, 0.6) is 0 Å². The Labute approximate surface area is 147 Å². The first-order valence-electron chi connectivity index (χ1n) is 8.57. The minimum atomic E-state index is -0.591. The van der Waals surface area contributed by atoms with Gasteiger partial charge in [-0.1, -0.05) is 12.1 Å². The number of nitrogens with zero attached hydrogens (tertiary/aromatic N) is 2. The van der Waals surface area contributed by atoms with E-state index in [0.717, 1.165) is 38.4 Å². The molecule has 25 heavy (non-hydrogen) atoms. The number of benzene rings is 1. The van der Waals surface area contributed by atoms with Crippen LogP contribution in [0, 0.1) is 5.82 Å². The van der Waals surface area contributed by atoms with E-state index in [1.807, 2.05) is 0 Å². The van der Waals surface area contributed by atoms with Crippen LogP contribution in [-0.2, 0) is 20.9 Å². The molecule has 0 bridgehead atoms. The molecule has 1 N–H and O–H groups in total. The molecule has 0 spiro atoms. The van der Waals surface area contributed by atoms with E-state index in [1.54, 1.807) is 19.1 Å². The van der Waals surface area contributed by atoms with Crippen molar-refractivity contribution in [2.75, 3.05) is 39.4 Å². The number of hydrogen-bond donors (Lipinski definition) is 1. The highest BCUT2D eigenvalue weighted by Gasteiger charge is 2.23. The number of hydrogen-bond acceptors (Lipinski definition) is 4. The zero-order valence-corrected chi connectivity index (χ0v) is 14.8. The van der Waals surface area contributed by atoms with Gasteiger partial charge in [-0.05, 0) is 24.6 Å². The number of ether oxygens (including phenoxy) is 1. The van der Waals surface area contributed by atoms with Crippen LogP contribution in [0.2, 0.25) is 0 Å². The molecule has 0 radical (unpaired) electrons. The third kappa shape index (κ3) is 6.10. The Kier molecular flexibility index (Phi) is 7.33. The normalized spacial score (nSPS) is 16.3. The van der Waals surface area contributed by atoms with Crippen LogP contribution in [0.25, 0.3) is 0 Å². The van der Waals surface area contributed by atoms with Crippen LogP contribution in [0.3, 0.4) is 0 Å². The SMILES string of the molecule is CC(=O)N(Cc1ccc(F)cc1)[C@H](C)C(=O)NCCN1CCOCC1. The molecule has 1 atom stereocenters. The molecule has 2 rings (SSSR count). The molecule has 1 aliphatic heterocycles. The van der Waals surface area contributed by atoms with Crippen LogP contribution in [0.1, 0.15) is 19.4 Å². The number of rotatable bonds is 7. The van der Waals surface area contributed by atoms with Gasteiger partial charge in [0.25, 0.3) is 0 Å². The van der Waals surface area contributed by atoms with Crippen LogP contribution < -0.4 is 5.32 Å². The first-order valence-corrected chi connectivity index (χ1v) is 8.57. The third-order valence-electron chi connectivity index (χ3n) is 4.35. The molecular formula is C18H26FN3O3. The lowest BCUT2D eigenvalue weighted by Gasteiger charge is -2.29. The minimum absolute atomic E-state index is 0.189. The van der Waals surface area contributed by atoms with E-state index in [-0.39, 0.29) is 24.2 Å². The molecule has 6 nitrogen and oxygen atoms in total.